The molecule has 114 valence electrons. The quantitative estimate of drug-likeness (QED) is 0.856. The van der Waals surface area contributed by atoms with Crippen molar-refractivity contribution in [1.29, 1.82) is 0 Å². The van der Waals surface area contributed by atoms with Crippen molar-refractivity contribution in [2.24, 2.45) is 5.73 Å². The highest BCUT2D eigenvalue weighted by molar-refractivity contribution is 9.10. The molecule has 0 bridgehead atoms. The van der Waals surface area contributed by atoms with E-state index >= 15 is 0 Å². The average molecular weight is 369 g/mol. The van der Waals surface area contributed by atoms with E-state index in [0.717, 1.165) is 32.9 Å². The Kier molecular flexibility index (Phi) is 5.41. The summed E-state index contributed by atoms with van der Waals surface area (Å²) in [5.74, 6) is 0.871. The molecule has 0 aliphatic carbocycles. The van der Waals surface area contributed by atoms with Crippen LogP contribution >= 0.6 is 27.3 Å². The van der Waals surface area contributed by atoms with Gasteiger partial charge < -0.3 is 10.5 Å². The summed E-state index contributed by atoms with van der Waals surface area (Å²) in [6, 6.07) is 6.04. The van der Waals surface area contributed by atoms with Crippen LogP contribution in [0.1, 0.15) is 37.0 Å². The summed E-state index contributed by atoms with van der Waals surface area (Å²) >= 11 is 5.19. The number of nitrogens with two attached hydrogens (primary N) is 1. The van der Waals surface area contributed by atoms with Gasteiger partial charge in [-0.2, -0.15) is 0 Å². The van der Waals surface area contributed by atoms with Crippen LogP contribution in [0.4, 0.5) is 0 Å². The van der Waals surface area contributed by atoms with Gasteiger partial charge in [-0.25, -0.2) is 4.98 Å². The molecule has 0 saturated heterocycles. The number of hydrogen-bond acceptors (Lipinski definition) is 4. The van der Waals surface area contributed by atoms with Crippen molar-refractivity contribution >= 4 is 27.3 Å². The standard InChI is InChI=1S/C16H21BrN2OS/c1-16(2,3)13-10-21-14(19-13)9-20-15-11(7-8-18)5-4-6-12(15)17/h4-6,10H,7-9,18H2,1-3H3. The zero-order valence-corrected chi connectivity index (χ0v) is 15.1. The predicted molar refractivity (Wildman–Crippen MR) is 92.0 cm³/mol. The number of rotatable bonds is 5. The third-order valence-corrected chi connectivity index (χ3v) is 4.57. The van der Waals surface area contributed by atoms with Crippen molar-refractivity contribution in [2.75, 3.05) is 6.54 Å². The summed E-state index contributed by atoms with van der Waals surface area (Å²) in [6.45, 7) is 7.60. The van der Waals surface area contributed by atoms with Crippen molar-refractivity contribution in [1.82, 2.24) is 4.98 Å². The van der Waals surface area contributed by atoms with Crippen LogP contribution in [0.3, 0.4) is 0 Å². The van der Waals surface area contributed by atoms with Gasteiger partial charge in [0.15, 0.2) is 0 Å². The van der Waals surface area contributed by atoms with E-state index in [0.29, 0.717) is 13.2 Å². The molecular weight excluding hydrogens is 348 g/mol. The fraction of sp³-hybridized carbons (Fsp3) is 0.438. The first kappa shape index (κ1) is 16.5. The Labute approximate surface area is 138 Å². The van der Waals surface area contributed by atoms with Crippen LogP contribution in [-0.2, 0) is 18.4 Å². The average Bonchev–Trinajstić information content (AvgIpc) is 2.87. The lowest BCUT2D eigenvalue weighted by Crippen LogP contribution is -2.11. The zero-order valence-electron chi connectivity index (χ0n) is 12.6. The second kappa shape index (κ2) is 6.90. The van der Waals surface area contributed by atoms with Gasteiger partial charge in [0.1, 0.15) is 17.4 Å². The minimum atomic E-state index is 0.0762. The summed E-state index contributed by atoms with van der Waals surface area (Å²) in [7, 11) is 0. The number of para-hydroxylation sites is 1. The van der Waals surface area contributed by atoms with E-state index in [9.17, 15) is 0 Å². The SMILES string of the molecule is CC(C)(C)c1csc(COc2c(Br)cccc2CCN)n1. The molecule has 1 aromatic heterocycles. The third kappa shape index (κ3) is 4.28. The van der Waals surface area contributed by atoms with E-state index in [-0.39, 0.29) is 5.41 Å². The van der Waals surface area contributed by atoms with Crippen LogP contribution in [-0.4, -0.2) is 11.5 Å². The number of halogens is 1. The normalized spacial score (nSPS) is 11.7. The monoisotopic (exact) mass is 368 g/mol. The Bertz CT molecular complexity index is 605. The van der Waals surface area contributed by atoms with Gasteiger partial charge >= 0.3 is 0 Å². The highest BCUT2D eigenvalue weighted by atomic mass is 79.9. The molecular formula is C16H21BrN2OS. The highest BCUT2D eigenvalue weighted by Gasteiger charge is 2.18. The maximum Gasteiger partial charge on any atom is 0.140 e. The lowest BCUT2D eigenvalue weighted by atomic mass is 9.93. The Morgan fingerprint density at radius 3 is 2.71 bits per heavy atom. The van der Waals surface area contributed by atoms with Crippen LogP contribution in [0, 0.1) is 0 Å². The lowest BCUT2D eigenvalue weighted by molar-refractivity contribution is 0.299. The molecule has 1 heterocycles. The molecule has 2 rings (SSSR count). The van der Waals surface area contributed by atoms with Gasteiger partial charge in [-0.3, -0.25) is 0 Å². The van der Waals surface area contributed by atoms with Gasteiger partial charge in [0.2, 0.25) is 0 Å². The van der Waals surface area contributed by atoms with Crippen LogP contribution in [0.5, 0.6) is 5.75 Å². The van der Waals surface area contributed by atoms with Gasteiger partial charge in [-0.05, 0) is 40.5 Å². The topological polar surface area (TPSA) is 48.1 Å². The molecule has 0 amide bonds. The Morgan fingerprint density at radius 1 is 1.33 bits per heavy atom. The van der Waals surface area contributed by atoms with Crippen LogP contribution < -0.4 is 10.5 Å². The molecule has 0 spiro atoms. The molecule has 3 nitrogen and oxygen atoms in total. The fourth-order valence-electron chi connectivity index (χ4n) is 1.92. The van der Waals surface area contributed by atoms with E-state index in [1.54, 1.807) is 11.3 Å². The molecule has 21 heavy (non-hydrogen) atoms. The Hall–Kier alpha value is -0.910. The maximum absolute atomic E-state index is 5.98. The smallest absolute Gasteiger partial charge is 0.140 e. The maximum atomic E-state index is 5.98. The largest absolute Gasteiger partial charge is 0.485 e. The van der Waals surface area contributed by atoms with Gasteiger partial charge in [-0.1, -0.05) is 32.9 Å². The van der Waals surface area contributed by atoms with E-state index < -0.39 is 0 Å². The van der Waals surface area contributed by atoms with E-state index in [4.69, 9.17) is 10.5 Å². The molecule has 0 saturated carbocycles. The number of nitrogens with zero attached hydrogens (tertiary/aromatic N) is 1. The highest BCUT2D eigenvalue weighted by Crippen LogP contribution is 2.31. The molecule has 0 fully saturated rings. The summed E-state index contributed by atoms with van der Waals surface area (Å²) in [5, 5.41) is 3.11. The molecule has 0 radical (unpaired) electrons. The number of benzene rings is 1. The van der Waals surface area contributed by atoms with Crippen molar-refractivity contribution in [2.45, 2.75) is 39.2 Å². The molecule has 2 N–H and O–H groups in total. The number of ether oxygens (including phenoxy) is 1. The molecule has 0 atom stereocenters. The van der Waals surface area contributed by atoms with Gasteiger partial charge in [0.25, 0.3) is 0 Å². The first-order valence-corrected chi connectivity index (χ1v) is 8.64. The van der Waals surface area contributed by atoms with Crippen LogP contribution in [0.15, 0.2) is 28.1 Å². The first-order chi connectivity index (χ1) is 9.91. The van der Waals surface area contributed by atoms with Gasteiger partial charge in [-0.15, -0.1) is 11.3 Å². The second-order valence-electron chi connectivity index (χ2n) is 5.93. The van der Waals surface area contributed by atoms with Gasteiger partial charge in [0.05, 0.1) is 10.2 Å². The summed E-state index contributed by atoms with van der Waals surface area (Å²) in [4.78, 5) is 4.66. The number of thiazole rings is 1. The summed E-state index contributed by atoms with van der Waals surface area (Å²) in [5.41, 5.74) is 7.97. The fourth-order valence-corrected chi connectivity index (χ4v) is 3.38. The van der Waals surface area contributed by atoms with Crippen molar-refractivity contribution in [3.8, 4) is 5.75 Å². The van der Waals surface area contributed by atoms with E-state index in [1.807, 2.05) is 12.1 Å². The Morgan fingerprint density at radius 2 is 2.10 bits per heavy atom. The predicted octanol–water partition coefficient (Wildman–Crippen LogP) is 4.28. The first-order valence-electron chi connectivity index (χ1n) is 6.97. The summed E-state index contributed by atoms with van der Waals surface area (Å²) < 4.78 is 6.94. The minimum absolute atomic E-state index is 0.0762. The molecule has 0 unspecified atom stereocenters. The molecule has 0 aliphatic rings. The lowest BCUT2D eigenvalue weighted by Gasteiger charge is -2.14. The van der Waals surface area contributed by atoms with E-state index in [2.05, 4.69) is 53.1 Å². The number of hydrogen-bond donors (Lipinski definition) is 1. The Balaban J connectivity index is 2.11. The summed E-state index contributed by atoms with van der Waals surface area (Å²) in [6.07, 6.45) is 0.805. The molecule has 0 aliphatic heterocycles. The third-order valence-electron chi connectivity index (χ3n) is 3.12. The van der Waals surface area contributed by atoms with Crippen molar-refractivity contribution in [3.05, 3.63) is 44.3 Å². The zero-order chi connectivity index (χ0) is 15.5. The van der Waals surface area contributed by atoms with Crippen molar-refractivity contribution in [3.63, 3.8) is 0 Å². The van der Waals surface area contributed by atoms with Crippen LogP contribution in [0.25, 0.3) is 0 Å². The number of aromatic nitrogens is 1. The van der Waals surface area contributed by atoms with Crippen molar-refractivity contribution < 1.29 is 4.74 Å². The van der Waals surface area contributed by atoms with Gasteiger partial charge in [0, 0.05) is 10.8 Å². The van der Waals surface area contributed by atoms with E-state index in [1.165, 1.54) is 0 Å². The minimum Gasteiger partial charge on any atom is -0.485 e. The molecule has 5 heteroatoms. The second-order valence-corrected chi connectivity index (χ2v) is 7.73. The molecule has 1 aromatic carbocycles. The van der Waals surface area contributed by atoms with Crippen LogP contribution in [0.2, 0.25) is 0 Å². The molecule has 2 aromatic rings.